The summed E-state index contributed by atoms with van der Waals surface area (Å²) in [7, 11) is -2.75. The molecule has 0 rings (SSSR count). The highest BCUT2D eigenvalue weighted by atomic mass is 28.4. The van der Waals surface area contributed by atoms with Gasteiger partial charge in [0.1, 0.15) is 6.10 Å². The second kappa shape index (κ2) is 10.7. The van der Waals surface area contributed by atoms with Crippen LogP contribution in [0.5, 0.6) is 0 Å². The van der Waals surface area contributed by atoms with Gasteiger partial charge >= 0.3 is 14.8 Å². The molecule has 0 aliphatic heterocycles. The number of rotatable bonds is 13. The van der Waals surface area contributed by atoms with Crippen LogP contribution in [0.1, 0.15) is 41.5 Å². The van der Waals surface area contributed by atoms with E-state index in [0.717, 1.165) is 0 Å². The summed E-state index contributed by atoms with van der Waals surface area (Å²) in [6.45, 7) is 15.6. The lowest BCUT2D eigenvalue weighted by molar-refractivity contribution is -0.406. The largest absolute Gasteiger partial charge is 0.498 e. The van der Waals surface area contributed by atoms with Crippen LogP contribution >= 0.6 is 0 Å². The fourth-order valence-electron chi connectivity index (χ4n) is 2.11. The Bertz CT molecular complexity index is 241. The van der Waals surface area contributed by atoms with Gasteiger partial charge in [-0.05, 0) is 41.5 Å². The van der Waals surface area contributed by atoms with E-state index in [1.54, 1.807) is 0 Å². The van der Waals surface area contributed by atoms with Crippen molar-refractivity contribution in [2.75, 3.05) is 33.0 Å². The molecule has 0 heterocycles. The summed E-state index contributed by atoms with van der Waals surface area (Å²) >= 11 is 0. The maximum atomic E-state index is 6.06. The first-order chi connectivity index (χ1) is 9.93. The van der Waals surface area contributed by atoms with Gasteiger partial charge < -0.3 is 27.5 Å². The van der Waals surface area contributed by atoms with Crippen LogP contribution in [0.25, 0.3) is 0 Å². The SMILES string of the molecule is CCOC(OCC)(OCC)C(C)O[Si](C)(OCC)OCC. The Balaban J connectivity index is 5.10. The Morgan fingerprint density at radius 1 is 0.762 bits per heavy atom. The Kier molecular flexibility index (Phi) is 10.6. The van der Waals surface area contributed by atoms with Gasteiger partial charge in [0, 0.05) is 39.6 Å². The molecular weight excluding hydrogens is 292 g/mol. The van der Waals surface area contributed by atoms with Gasteiger partial charge in [-0.1, -0.05) is 0 Å². The van der Waals surface area contributed by atoms with Crippen molar-refractivity contribution in [2.24, 2.45) is 0 Å². The fourth-order valence-corrected chi connectivity index (χ4v) is 4.16. The monoisotopic (exact) mass is 324 g/mol. The molecule has 128 valence electrons. The van der Waals surface area contributed by atoms with E-state index in [2.05, 4.69) is 0 Å². The first-order valence-corrected chi connectivity index (χ1v) is 10.0. The lowest BCUT2D eigenvalue weighted by Gasteiger charge is -2.39. The zero-order valence-electron chi connectivity index (χ0n) is 14.6. The van der Waals surface area contributed by atoms with Crippen molar-refractivity contribution in [2.45, 2.75) is 60.2 Å². The molecule has 1 atom stereocenters. The van der Waals surface area contributed by atoms with E-state index in [0.29, 0.717) is 33.0 Å². The molecule has 0 aliphatic carbocycles. The van der Waals surface area contributed by atoms with E-state index in [1.807, 2.05) is 48.1 Å². The quantitative estimate of drug-likeness (QED) is 0.383. The normalized spacial score (nSPS) is 14.4. The van der Waals surface area contributed by atoms with Crippen LogP contribution in [0.4, 0.5) is 0 Å². The molecule has 0 amide bonds. The van der Waals surface area contributed by atoms with Crippen LogP contribution in [-0.2, 0) is 27.5 Å². The highest BCUT2D eigenvalue weighted by Gasteiger charge is 2.47. The predicted molar refractivity (Wildman–Crippen MR) is 83.0 cm³/mol. The third-order valence-corrected chi connectivity index (χ3v) is 5.15. The van der Waals surface area contributed by atoms with Crippen molar-refractivity contribution in [1.82, 2.24) is 0 Å². The zero-order chi connectivity index (χ0) is 16.4. The standard InChI is InChI=1S/C14H32O6Si/c1-8-15-14(16-9-2,17-10-3)13(6)20-21(7,18-11-4)19-12-5/h13H,8-12H2,1-7H3. The van der Waals surface area contributed by atoms with Crippen molar-refractivity contribution in [3.05, 3.63) is 0 Å². The third kappa shape index (κ3) is 6.73. The molecule has 0 aromatic rings. The summed E-state index contributed by atoms with van der Waals surface area (Å²) in [5, 5.41) is 0. The van der Waals surface area contributed by atoms with E-state index in [9.17, 15) is 0 Å². The highest BCUT2D eigenvalue weighted by molar-refractivity contribution is 6.59. The molecule has 6 nitrogen and oxygen atoms in total. The molecule has 0 aromatic carbocycles. The van der Waals surface area contributed by atoms with Crippen molar-refractivity contribution in [1.29, 1.82) is 0 Å². The van der Waals surface area contributed by atoms with E-state index in [1.165, 1.54) is 0 Å². The average molecular weight is 324 g/mol. The van der Waals surface area contributed by atoms with Gasteiger partial charge in [-0.3, -0.25) is 0 Å². The molecule has 0 aromatic heterocycles. The van der Waals surface area contributed by atoms with Crippen LogP contribution in [0, 0.1) is 0 Å². The van der Waals surface area contributed by atoms with E-state index in [-0.39, 0.29) is 0 Å². The fraction of sp³-hybridized carbons (Fsp3) is 1.00. The molecule has 0 spiro atoms. The summed E-state index contributed by atoms with van der Waals surface area (Å²) in [4.78, 5) is 0. The maximum Gasteiger partial charge on any atom is 0.498 e. The summed E-state index contributed by atoms with van der Waals surface area (Å²) in [6, 6.07) is 0. The summed E-state index contributed by atoms with van der Waals surface area (Å²) in [5.74, 6) is -1.24. The number of hydrogen-bond acceptors (Lipinski definition) is 6. The molecule has 1 unspecified atom stereocenters. The first-order valence-electron chi connectivity index (χ1n) is 7.81. The van der Waals surface area contributed by atoms with Gasteiger partial charge in [-0.15, -0.1) is 0 Å². The number of ether oxygens (including phenoxy) is 3. The molecule has 21 heavy (non-hydrogen) atoms. The van der Waals surface area contributed by atoms with Crippen molar-refractivity contribution < 1.29 is 27.5 Å². The minimum Gasteiger partial charge on any atom is -0.374 e. The van der Waals surface area contributed by atoms with Gasteiger partial charge in [0.25, 0.3) is 0 Å². The Labute approximate surface area is 130 Å². The van der Waals surface area contributed by atoms with E-state index >= 15 is 0 Å². The van der Waals surface area contributed by atoms with Crippen molar-refractivity contribution in [3.8, 4) is 0 Å². The number of hydrogen-bond donors (Lipinski definition) is 0. The second-order valence-electron chi connectivity index (χ2n) is 4.39. The second-order valence-corrected chi connectivity index (χ2v) is 6.93. The van der Waals surface area contributed by atoms with Crippen LogP contribution in [0.3, 0.4) is 0 Å². The molecule has 0 fully saturated rings. The molecule has 0 radical (unpaired) electrons. The van der Waals surface area contributed by atoms with E-state index in [4.69, 9.17) is 27.5 Å². The lowest BCUT2D eigenvalue weighted by Crippen LogP contribution is -2.56. The van der Waals surface area contributed by atoms with Gasteiger partial charge in [-0.25, -0.2) is 0 Å². The molecule has 0 bridgehead atoms. The maximum absolute atomic E-state index is 6.06. The Morgan fingerprint density at radius 3 is 1.43 bits per heavy atom. The average Bonchev–Trinajstić information content (AvgIpc) is 2.39. The van der Waals surface area contributed by atoms with Gasteiger partial charge in [0.05, 0.1) is 0 Å². The highest BCUT2D eigenvalue weighted by Crippen LogP contribution is 2.26. The van der Waals surface area contributed by atoms with Crippen LogP contribution in [0.2, 0.25) is 6.55 Å². The zero-order valence-corrected chi connectivity index (χ0v) is 15.6. The summed E-state index contributed by atoms with van der Waals surface area (Å²) in [6.07, 6.45) is -0.480. The molecule has 0 aliphatic rings. The molecule has 0 N–H and O–H groups in total. The van der Waals surface area contributed by atoms with Crippen LogP contribution < -0.4 is 0 Å². The Hall–Kier alpha value is -0.0231. The minimum absolute atomic E-state index is 0.454. The molecule has 0 saturated carbocycles. The van der Waals surface area contributed by atoms with Gasteiger partial charge in [0.2, 0.25) is 0 Å². The van der Waals surface area contributed by atoms with Crippen LogP contribution in [-0.4, -0.2) is 53.9 Å². The van der Waals surface area contributed by atoms with Gasteiger partial charge in [0.15, 0.2) is 0 Å². The topological polar surface area (TPSA) is 55.4 Å². The molecule has 7 heteroatoms. The molecule has 0 saturated heterocycles. The van der Waals surface area contributed by atoms with Gasteiger partial charge in [-0.2, -0.15) is 0 Å². The summed E-state index contributed by atoms with van der Waals surface area (Å²) < 4.78 is 34.6. The third-order valence-electron chi connectivity index (χ3n) is 2.74. The van der Waals surface area contributed by atoms with Crippen LogP contribution in [0.15, 0.2) is 0 Å². The van der Waals surface area contributed by atoms with Crippen molar-refractivity contribution >= 4 is 8.80 Å². The van der Waals surface area contributed by atoms with E-state index < -0.39 is 20.9 Å². The van der Waals surface area contributed by atoms with Crippen molar-refractivity contribution in [3.63, 3.8) is 0 Å². The minimum atomic E-state index is -2.75. The smallest absolute Gasteiger partial charge is 0.374 e. The molecular formula is C14H32O6Si. The lowest BCUT2D eigenvalue weighted by atomic mass is 10.3. The Morgan fingerprint density at radius 2 is 1.14 bits per heavy atom. The summed E-state index contributed by atoms with van der Waals surface area (Å²) in [5.41, 5.74) is 0. The first kappa shape index (κ1) is 21.0. The predicted octanol–water partition coefficient (Wildman–Crippen LogP) is 2.80.